The van der Waals surface area contributed by atoms with Gasteiger partial charge in [0.2, 0.25) is 5.91 Å². The molecule has 8 heteroatoms. The van der Waals surface area contributed by atoms with Crippen molar-refractivity contribution in [3.8, 4) is 29.1 Å². The van der Waals surface area contributed by atoms with E-state index >= 15 is 0 Å². The van der Waals surface area contributed by atoms with Crippen LogP contribution in [0.3, 0.4) is 0 Å². The smallest absolute Gasteiger partial charge is 0.247 e. The van der Waals surface area contributed by atoms with E-state index in [0.29, 0.717) is 47.9 Å². The first-order valence-electron chi connectivity index (χ1n) is 12.4. The Balaban J connectivity index is 1.52. The van der Waals surface area contributed by atoms with Crippen LogP contribution in [0.25, 0.3) is 0 Å². The van der Waals surface area contributed by atoms with Gasteiger partial charge in [-0.1, -0.05) is 42.5 Å². The number of hydrogen-bond donors (Lipinski definition) is 4. The summed E-state index contributed by atoms with van der Waals surface area (Å²) in [6, 6.07) is 27.8. The van der Waals surface area contributed by atoms with E-state index in [1.54, 1.807) is 49.6 Å². The molecule has 1 amide bonds. The number of nitrogens with zero attached hydrogens (tertiary/aromatic N) is 1. The standard InChI is InChI=1S/C31H29N3O5/c1-38-29-18-24(10-14-28(29)39-20-23-5-3-2-4-6-23)30(34-25-11-7-22(19-32)8-12-25)31(37)33-16-15-21-9-13-26(35)27(36)17-21/h2-14,17-18,30,34-36H,15-16,20H2,1H3,(H,33,37)/t30-/m0/s1. The second kappa shape index (κ2) is 12.9. The molecule has 0 saturated heterocycles. The Kier molecular flexibility index (Phi) is 8.88. The molecule has 0 spiro atoms. The lowest BCUT2D eigenvalue weighted by molar-refractivity contribution is -0.121. The minimum atomic E-state index is -0.775. The van der Waals surface area contributed by atoms with E-state index < -0.39 is 6.04 Å². The number of phenols is 2. The van der Waals surface area contributed by atoms with Gasteiger partial charge in [0.1, 0.15) is 12.6 Å². The number of carbonyl (C=O) groups is 1. The topological polar surface area (TPSA) is 124 Å². The molecule has 8 nitrogen and oxygen atoms in total. The van der Waals surface area contributed by atoms with Crippen molar-refractivity contribution in [1.82, 2.24) is 5.32 Å². The van der Waals surface area contributed by atoms with Crippen LogP contribution in [0, 0.1) is 11.3 Å². The monoisotopic (exact) mass is 523 g/mol. The number of phenolic OH excluding ortho intramolecular Hbond substituents is 2. The van der Waals surface area contributed by atoms with Crippen LogP contribution in [-0.2, 0) is 17.8 Å². The SMILES string of the molecule is COc1cc([C@H](Nc2ccc(C#N)cc2)C(=O)NCCc2ccc(O)c(O)c2)ccc1OCc1ccccc1. The second-order valence-electron chi connectivity index (χ2n) is 8.82. The molecule has 0 aliphatic carbocycles. The fourth-order valence-electron chi connectivity index (χ4n) is 3.98. The predicted molar refractivity (Wildman–Crippen MR) is 148 cm³/mol. The highest BCUT2D eigenvalue weighted by Crippen LogP contribution is 2.32. The van der Waals surface area contributed by atoms with Crippen LogP contribution in [-0.4, -0.2) is 29.8 Å². The molecule has 0 aliphatic heterocycles. The van der Waals surface area contributed by atoms with Crippen LogP contribution in [0.15, 0.2) is 91.0 Å². The van der Waals surface area contributed by atoms with Crippen molar-refractivity contribution in [2.75, 3.05) is 19.0 Å². The van der Waals surface area contributed by atoms with Gasteiger partial charge in [-0.3, -0.25) is 4.79 Å². The van der Waals surface area contributed by atoms with Crippen molar-refractivity contribution < 1.29 is 24.5 Å². The predicted octanol–water partition coefficient (Wildman–Crippen LogP) is 5.07. The fourth-order valence-corrected chi connectivity index (χ4v) is 3.98. The minimum Gasteiger partial charge on any atom is -0.504 e. The summed E-state index contributed by atoms with van der Waals surface area (Å²) in [6.07, 6.45) is 0.457. The maximum absolute atomic E-state index is 13.4. The zero-order valence-corrected chi connectivity index (χ0v) is 21.4. The first kappa shape index (κ1) is 26.9. The van der Waals surface area contributed by atoms with E-state index in [-0.39, 0.29) is 17.4 Å². The number of carbonyl (C=O) groups excluding carboxylic acids is 1. The summed E-state index contributed by atoms with van der Waals surface area (Å²) in [6.45, 7) is 0.681. The fraction of sp³-hybridized carbons (Fsp3) is 0.161. The van der Waals surface area contributed by atoms with E-state index in [9.17, 15) is 15.0 Å². The van der Waals surface area contributed by atoms with Crippen molar-refractivity contribution in [2.45, 2.75) is 19.1 Å². The lowest BCUT2D eigenvalue weighted by atomic mass is 10.0. The zero-order chi connectivity index (χ0) is 27.6. The third-order valence-corrected chi connectivity index (χ3v) is 6.10. The molecule has 1 atom stereocenters. The van der Waals surface area contributed by atoms with E-state index in [2.05, 4.69) is 16.7 Å². The van der Waals surface area contributed by atoms with Crippen molar-refractivity contribution in [2.24, 2.45) is 0 Å². The van der Waals surface area contributed by atoms with E-state index in [1.165, 1.54) is 12.1 Å². The molecule has 0 aromatic heterocycles. The molecule has 198 valence electrons. The van der Waals surface area contributed by atoms with Gasteiger partial charge in [-0.25, -0.2) is 0 Å². The van der Waals surface area contributed by atoms with Crippen LogP contribution < -0.4 is 20.1 Å². The number of methoxy groups -OCH3 is 1. The molecule has 4 rings (SSSR count). The van der Waals surface area contributed by atoms with Crippen LogP contribution in [0.2, 0.25) is 0 Å². The third kappa shape index (κ3) is 7.21. The summed E-state index contributed by atoms with van der Waals surface area (Å²) in [7, 11) is 1.55. The first-order chi connectivity index (χ1) is 19.0. The van der Waals surface area contributed by atoms with Crippen LogP contribution in [0.5, 0.6) is 23.0 Å². The van der Waals surface area contributed by atoms with Crippen molar-refractivity contribution in [1.29, 1.82) is 5.26 Å². The summed E-state index contributed by atoms with van der Waals surface area (Å²) in [5.41, 5.74) is 3.62. The van der Waals surface area contributed by atoms with Gasteiger partial charge in [0.15, 0.2) is 23.0 Å². The third-order valence-electron chi connectivity index (χ3n) is 6.10. The van der Waals surface area contributed by atoms with E-state index in [0.717, 1.165) is 11.1 Å². The number of nitrogens with one attached hydrogen (secondary N) is 2. The van der Waals surface area contributed by atoms with Crippen molar-refractivity contribution in [3.63, 3.8) is 0 Å². The number of ether oxygens (including phenoxy) is 2. The molecular weight excluding hydrogens is 494 g/mol. The Bertz CT molecular complexity index is 1450. The first-order valence-corrected chi connectivity index (χ1v) is 12.4. The molecule has 0 saturated carbocycles. The second-order valence-corrected chi connectivity index (χ2v) is 8.82. The minimum absolute atomic E-state index is 0.195. The Hall–Kier alpha value is -5.16. The Labute approximate surface area is 227 Å². The molecule has 4 aromatic rings. The molecule has 39 heavy (non-hydrogen) atoms. The van der Waals surface area contributed by atoms with Gasteiger partial charge < -0.3 is 30.3 Å². The molecule has 0 radical (unpaired) electrons. The highest BCUT2D eigenvalue weighted by Gasteiger charge is 2.22. The van der Waals surface area contributed by atoms with Gasteiger partial charge >= 0.3 is 0 Å². The lowest BCUT2D eigenvalue weighted by Gasteiger charge is -2.21. The van der Waals surface area contributed by atoms with Gasteiger partial charge in [0.25, 0.3) is 0 Å². The Morgan fingerprint density at radius 1 is 0.897 bits per heavy atom. The number of benzene rings is 4. The van der Waals surface area contributed by atoms with Crippen LogP contribution in [0.1, 0.15) is 28.3 Å². The number of aromatic hydroxyl groups is 2. The summed E-state index contributed by atoms with van der Waals surface area (Å²) < 4.78 is 11.6. The van der Waals surface area contributed by atoms with Gasteiger partial charge in [-0.05, 0) is 71.6 Å². The zero-order valence-electron chi connectivity index (χ0n) is 21.4. The summed E-state index contributed by atoms with van der Waals surface area (Å²) in [5.74, 6) is 0.361. The highest BCUT2D eigenvalue weighted by atomic mass is 16.5. The summed E-state index contributed by atoms with van der Waals surface area (Å²) in [5, 5.41) is 34.5. The molecule has 0 heterocycles. The van der Waals surface area contributed by atoms with Gasteiger partial charge in [-0.15, -0.1) is 0 Å². The molecular formula is C31H29N3O5. The number of rotatable bonds is 11. The van der Waals surface area contributed by atoms with Crippen molar-refractivity contribution in [3.05, 3.63) is 113 Å². The normalized spacial score (nSPS) is 11.2. The van der Waals surface area contributed by atoms with E-state index in [4.69, 9.17) is 14.7 Å². The van der Waals surface area contributed by atoms with Crippen LogP contribution in [0.4, 0.5) is 5.69 Å². The summed E-state index contributed by atoms with van der Waals surface area (Å²) >= 11 is 0. The molecule has 4 aromatic carbocycles. The van der Waals surface area contributed by atoms with Crippen LogP contribution >= 0.6 is 0 Å². The maximum atomic E-state index is 13.4. The number of nitriles is 1. The number of anilines is 1. The Morgan fingerprint density at radius 2 is 1.67 bits per heavy atom. The van der Waals surface area contributed by atoms with Crippen molar-refractivity contribution >= 4 is 11.6 Å². The average molecular weight is 524 g/mol. The lowest BCUT2D eigenvalue weighted by Crippen LogP contribution is -2.34. The number of hydrogen-bond acceptors (Lipinski definition) is 7. The Morgan fingerprint density at radius 3 is 2.36 bits per heavy atom. The molecule has 0 aliphatic rings. The quantitative estimate of drug-likeness (QED) is 0.202. The molecule has 0 bridgehead atoms. The number of amides is 1. The molecule has 0 fully saturated rings. The van der Waals surface area contributed by atoms with Gasteiger partial charge in [0.05, 0.1) is 18.7 Å². The average Bonchev–Trinajstić information content (AvgIpc) is 2.97. The maximum Gasteiger partial charge on any atom is 0.247 e. The van der Waals surface area contributed by atoms with Gasteiger partial charge in [-0.2, -0.15) is 5.26 Å². The van der Waals surface area contributed by atoms with E-state index in [1.807, 2.05) is 36.4 Å². The summed E-state index contributed by atoms with van der Waals surface area (Å²) in [4.78, 5) is 13.4. The molecule has 4 N–H and O–H groups in total. The highest BCUT2D eigenvalue weighted by molar-refractivity contribution is 5.86. The largest absolute Gasteiger partial charge is 0.504 e. The molecule has 0 unspecified atom stereocenters. The van der Waals surface area contributed by atoms with Gasteiger partial charge in [0, 0.05) is 12.2 Å².